The Hall–Kier alpha value is -2.04. The van der Waals surface area contributed by atoms with E-state index in [0.29, 0.717) is 17.5 Å². The summed E-state index contributed by atoms with van der Waals surface area (Å²) in [6.07, 6.45) is 2.34. The highest BCUT2D eigenvalue weighted by atomic mass is 16.5. The second kappa shape index (κ2) is 3.73. The fourth-order valence-corrected chi connectivity index (χ4v) is 2.31. The summed E-state index contributed by atoms with van der Waals surface area (Å²) in [5, 5.41) is 0. The number of esters is 1. The van der Waals surface area contributed by atoms with E-state index >= 15 is 0 Å². The zero-order valence-corrected chi connectivity index (χ0v) is 9.99. The van der Waals surface area contributed by atoms with Crippen molar-refractivity contribution in [2.45, 2.75) is 19.3 Å². The van der Waals surface area contributed by atoms with E-state index in [1.165, 1.54) is 7.11 Å². The molecule has 1 heterocycles. The lowest BCUT2D eigenvalue weighted by molar-refractivity contribution is -0.147. The number of fused-ring (bicyclic) bond motifs is 1. The third-order valence-corrected chi connectivity index (χ3v) is 3.50. The molecule has 0 amide bonds. The van der Waals surface area contributed by atoms with E-state index < -0.39 is 5.76 Å². The number of hydrogen-bond acceptors (Lipinski definition) is 4. The van der Waals surface area contributed by atoms with Gasteiger partial charge in [0.2, 0.25) is 0 Å². The molecule has 5 heteroatoms. The first kappa shape index (κ1) is 11.1. The van der Waals surface area contributed by atoms with Crippen LogP contribution in [0.15, 0.2) is 27.4 Å². The molecule has 1 aromatic heterocycles. The van der Waals surface area contributed by atoms with Crippen LogP contribution in [-0.4, -0.2) is 18.1 Å². The largest absolute Gasteiger partial charge is 0.469 e. The van der Waals surface area contributed by atoms with Crippen LogP contribution in [0.2, 0.25) is 0 Å². The molecule has 3 rings (SSSR count). The van der Waals surface area contributed by atoms with E-state index in [0.717, 1.165) is 18.4 Å². The Labute approximate surface area is 103 Å². The molecule has 1 aliphatic carbocycles. The molecule has 1 aromatic carbocycles. The minimum absolute atomic E-state index is 0.155. The molecule has 18 heavy (non-hydrogen) atoms. The molecule has 1 saturated carbocycles. The fraction of sp³-hybridized carbons (Fsp3) is 0.385. The van der Waals surface area contributed by atoms with E-state index in [1.807, 2.05) is 6.07 Å². The highest BCUT2D eigenvalue weighted by Crippen LogP contribution is 2.49. The Morgan fingerprint density at radius 3 is 2.94 bits per heavy atom. The van der Waals surface area contributed by atoms with Crippen LogP contribution in [0.5, 0.6) is 0 Å². The minimum Gasteiger partial charge on any atom is -0.469 e. The number of carbonyl (C=O) groups is 1. The second-order valence-corrected chi connectivity index (χ2v) is 4.79. The SMILES string of the molecule is COC(=O)C1(Cc2ccc3[nH]c(=O)oc3c2)CC1. The lowest BCUT2D eigenvalue weighted by Crippen LogP contribution is -2.19. The van der Waals surface area contributed by atoms with Gasteiger partial charge in [-0.1, -0.05) is 6.07 Å². The maximum absolute atomic E-state index is 11.7. The Morgan fingerprint density at radius 2 is 2.28 bits per heavy atom. The number of rotatable bonds is 3. The molecule has 0 atom stereocenters. The van der Waals surface area contributed by atoms with Crippen molar-refractivity contribution in [3.63, 3.8) is 0 Å². The standard InChI is InChI=1S/C13H13NO4/c1-17-11(15)13(4-5-13)7-8-2-3-9-10(6-8)18-12(16)14-9/h2-3,6H,4-5,7H2,1H3,(H,14,16). The Morgan fingerprint density at radius 1 is 1.50 bits per heavy atom. The quantitative estimate of drug-likeness (QED) is 0.836. The van der Waals surface area contributed by atoms with Crippen molar-refractivity contribution >= 4 is 17.1 Å². The Balaban J connectivity index is 1.91. The molecular formula is C13H13NO4. The highest BCUT2D eigenvalue weighted by Gasteiger charge is 2.50. The summed E-state index contributed by atoms with van der Waals surface area (Å²) in [5.74, 6) is -0.616. The molecule has 0 unspecified atom stereocenters. The first-order chi connectivity index (χ1) is 8.63. The summed E-state index contributed by atoms with van der Waals surface area (Å²) in [5.41, 5.74) is 1.82. The predicted molar refractivity (Wildman–Crippen MR) is 64.2 cm³/mol. The molecule has 5 nitrogen and oxygen atoms in total. The number of nitrogens with one attached hydrogen (secondary N) is 1. The van der Waals surface area contributed by atoms with E-state index in [-0.39, 0.29) is 11.4 Å². The maximum atomic E-state index is 11.7. The van der Waals surface area contributed by atoms with Crippen molar-refractivity contribution in [1.29, 1.82) is 0 Å². The molecule has 0 saturated heterocycles. The second-order valence-electron chi connectivity index (χ2n) is 4.79. The van der Waals surface area contributed by atoms with Gasteiger partial charge >= 0.3 is 11.7 Å². The molecule has 2 aromatic rings. The van der Waals surface area contributed by atoms with E-state index in [2.05, 4.69) is 4.98 Å². The number of benzene rings is 1. The molecule has 1 aliphatic rings. The normalized spacial score (nSPS) is 16.7. The van der Waals surface area contributed by atoms with Crippen LogP contribution in [0.1, 0.15) is 18.4 Å². The summed E-state index contributed by atoms with van der Waals surface area (Å²) in [6, 6.07) is 5.50. The van der Waals surface area contributed by atoms with E-state index in [9.17, 15) is 9.59 Å². The lowest BCUT2D eigenvalue weighted by atomic mass is 9.96. The van der Waals surface area contributed by atoms with Gasteiger partial charge in [-0.3, -0.25) is 9.78 Å². The topological polar surface area (TPSA) is 72.3 Å². The van der Waals surface area contributed by atoms with Gasteiger partial charge in [0.1, 0.15) is 0 Å². The monoisotopic (exact) mass is 247 g/mol. The average molecular weight is 247 g/mol. The third kappa shape index (κ3) is 1.72. The molecular weight excluding hydrogens is 234 g/mol. The molecule has 0 aliphatic heterocycles. The summed E-state index contributed by atoms with van der Waals surface area (Å²) >= 11 is 0. The smallest absolute Gasteiger partial charge is 0.417 e. The van der Waals surface area contributed by atoms with Crippen molar-refractivity contribution in [2.24, 2.45) is 5.41 Å². The van der Waals surface area contributed by atoms with Gasteiger partial charge in [0.05, 0.1) is 18.0 Å². The minimum atomic E-state index is -0.462. The van der Waals surface area contributed by atoms with Gasteiger partial charge in [-0.25, -0.2) is 4.79 Å². The molecule has 1 N–H and O–H groups in total. The van der Waals surface area contributed by atoms with Gasteiger partial charge in [-0.2, -0.15) is 0 Å². The van der Waals surface area contributed by atoms with Crippen LogP contribution < -0.4 is 5.76 Å². The van der Waals surface area contributed by atoms with E-state index in [4.69, 9.17) is 9.15 Å². The van der Waals surface area contributed by atoms with Crippen LogP contribution in [0, 0.1) is 5.41 Å². The molecule has 0 radical (unpaired) electrons. The zero-order valence-electron chi connectivity index (χ0n) is 9.99. The van der Waals surface area contributed by atoms with Gasteiger partial charge in [-0.15, -0.1) is 0 Å². The maximum Gasteiger partial charge on any atom is 0.417 e. The van der Waals surface area contributed by atoms with Crippen LogP contribution in [-0.2, 0) is 16.0 Å². The van der Waals surface area contributed by atoms with Crippen LogP contribution in [0.25, 0.3) is 11.1 Å². The summed E-state index contributed by atoms with van der Waals surface area (Å²) < 4.78 is 9.83. The first-order valence-electron chi connectivity index (χ1n) is 5.83. The Bertz CT molecular complexity index is 663. The Kier molecular flexibility index (Phi) is 2.29. The number of oxazole rings is 1. The van der Waals surface area contributed by atoms with Crippen molar-refractivity contribution in [1.82, 2.24) is 4.98 Å². The average Bonchev–Trinajstić information content (AvgIpc) is 3.03. The third-order valence-electron chi connectivity index (χ3n) is 3.50. The number of methoxy groups -OCH3 is 1. The van der Waals surface area contributed by atoms with Crippen molar-refractivity contribution in [3.8, 4) is 0 Å². The number of H-pyrrole nitrogens is 1. The van der Waals surface area contributed by atoms with Crippen molar-refractivity contribution < 1.29 is 13.9 Å². The lowest BCUT2D eigenvalue weighted by Gasteiger charge is -2.11. The molecule has 0 bridgehead atoms. The first-order valence-corrected chi connectivity index (χ1v) is 5.83. The van der Waals surface area contributed by atoms with Gasteiger partial charge in [-0.05, 0) is 37.0 Å². The molecule has 94 valence electrons. The highest BCUT2D eigenvalue weighted by molar-refractivity contribution is 5.80. The van der Waals surface area contributed by atoms with E-state index in [1.54, 1.807) is 12.1 Å². The van der Waals surface area contributed by atoms with Gasteiger partial charge in [0.25, 0.3) is 0 Å². The predicted octanol–water partition coefficient (Wildman–Crippen LogP) is 1.62. The molecule has 1 fully saturated rings. The van der Waals surface area contributed by atoms with Crippen molar-refractivity contribution in [2.75, 3.05) is 7.11 Å². The number of hydrogen-bond donors (Lipinski definition) is 1. The van der Waals surface area contributed by atoms with Crippen molar-refractivity contribution in [3.05, 3.63) is 34.3 Å². The summed E-state index contributed by atoms with van der Waals surface area (Å²) in [4.78, 5) is 25.3. The van der Waals surface area contributed by atoms with Crippen LogP contribution in [0.4, 0.5) is 0 Å². The number of aromatic amines is 1. The number of ether oxygens (including phenoxy) is 1. The number of carbonyl (C=O) groups excluding carboxylic acids is 1. The van der Waals surface area contributed by atoms with Crippen LogP contribution in [0.3, 0.4) is 0 Å². The van der Waals surface area contributed by atoms with Gasteiger partial charge in [0, 0.05) is 0 Å². The summed E-state index contributed by atoms with van der Waals surface area (Å²) in [6.45, 7) is 0. The fourth-order valence-electron chi connectivity index (χ4n) is 2.31. The molecule has 0 spiro atoms. The van der Waals surface area contributed by atoms with Crippen LogP contribution >= 0.6 is 0 Å². The zero-order chi connectivity index (χ0) is 12.8. The van der Waals surface area contributed by atoms with Gasteiger partial charge in [0.15, 0.2) is 5.58 Å². The summed E-state index contributed by atoms with van der Waals surface area (Å²) in [7, 11) is 1.41. The number of aromatic nitrogens is 1. The van der Waals surface area contributed by atoms with Gasteiger partial charge < -0.3 is 9.15 Å².